The lowest BCUT2D eigenvalue weighted by molar-refractivity contribution is -0.118. The molecule has 1 aromatic carbocycles. The van der Waals surface area contributed by atoms with Gasteiger partial charge in [0.2, 0.25) is 5.91 Å². The fraction of sp³-hybridized carbons (Fsp3) is 0.385. The Bertz CT molecular complexity index is 574. The molecule has 0 aliphatic carbocycles. The van der Waals surface area contributed by atoms with Crippen LogP contribution in [-0.2, 0) is 11.2 Å². The van der Waals surface area contributed by atoms with Gasteiger partial charge in [-0.1, -0.05) is 0 Å². The van der Waals surface area contributed by atoms with Crippen LogP contribution in [-0.4, -0.2) is 34.8 Å². The molecule has 2 rings (SSSR count). The molecule has 114 valence electrons. The van der Waals surface area contributed by atoms with Crippen molar-refractivity contribution in [3.8, 4) is 0 Å². The molecular weight excluding hydrogens is 307 g/mol. The van der Waals surface area contributed by atoms with Crippen molar-refractivity contribution < 1.29 is 27.9 Å². The second-order valence-corrected chi connectivity index (χ2v) is 5.65. The van der Waals surface area contributed by atoms with Crippen LogP contribution in [0.15, 0.2) is 18.2 Å². The van der Waals surface area contributed by atoms with Crippen LogP contribution < -0.4 is 4.90 Å². The van der Waals surface area contributed by atoms with E-state index < -0.39 is 11.5 Å². The summed E-state index contributed by atoms with van der Waals surface area (Å²) in [6.07, 6.45) is 0.574. The number of carboxylic acids is 1. The molecule has 1 heterocycles. The second-order valence-electron chi connectivity index (χ2n) is 4.49. The van der Waals surface area contributed by atoms with E-state index in [2.05, 4.69) is 0 Å². The average molecular weight is 319 g/mol. The molecule has 0 fully saturated rings. The first-order chi connectivity index (χ1) is 9.78. The normalized spacial score (nSPS) is 15.0. The van der Waals surface area contributed by atoms with Crippen LogP contribution in [0.3, 0.4) is 0 Å². The van der Waals surface area contributed by atoms with E-state index >= 15 is 0 Å². The minimum absolute atomic E-state index is 0.0531. The lowest BCUT2D eigenvalue weighted by atomic mass is 9.99. The summed E-state index contributed by atoms with van der Waals surface area (Å²) in [5.74, 6) is -1.57. The molecule has 1 aliphatic rings. The quantitative estimate of drug-likeness (QED) is 0.927. The molecule has 21 heavy (non-hydrogen) atoms. The molecule has 0 radical (unpaired) electrons. The van der Waals surface area contributed by atoms with Crippen LogP contribution in [0.5, 0.6) is 0 Å². The molecule has 4 nitrogen and oxygen atoms in total. The van der Waals surface area contributed by atoms with E-state index in [1.807, 2.05) is 0 Å². The Hall–Kier alpha value is -1.70. The topological polar surface area (TPSA) is 57.6 Å². The van der Waals surface area contributed by atoms with E-state index in [1.54, 1.807) is 0 Å². The molecule has 0 aromatic heterocycles. The fourth-order valence-corrected chi connectivity index (χ4v) is 2.70. The summed E-state index contributed by atoms with van der Waals surface area (Å²) < 4.78 is 36.4. The van der Waals surface area contributed by atoms with Crippen molar-refractivity contribution in [3.05, 3.63) is 29.3 Å². The van der Waals surface area contributed by atoms with E-state index in [9.17, 15) is 22.8 Å². The summed E-state index contributed by atoms with van der Waals surface area (Å²) in [5.41, 5.74) is -3.05. The number of aryl methyl sites for hydroxylation is 1. The number of benzene rings is 1. The monoisotopic (exact) mass is 319 g/mol. The zero-order chi connectivity index (χ0) is 15.6. The summed E-state index contributed by atoms with van der Waals surface area (Å²) in [7, 11) is 0. The Morgan fingerprint density at radius 1 is 1.33 bits per heavy atom. The van der Waals surface area contributed by atoms with Crippen molar-refractivity contribution in [3.63, 3.8) is 0 Å². The molecule has 0 saturated heterocycles. The number of rotatable bonds is 4. The van der Waals surface area contributed by atoms with Crippen LogP contribution in [0.4, 0.5) is 18.9 Å². The summed E-state index contributed by atoms with van der Waals surface area (Å²) in [4.78, 5) is 24.1. The number of carbonyl (C=O) groups is 2. The van der Waals surface area contributed by atoms with Crippen molar-refractivity contribution >= 4 is 29.3 Å². The first-order valence-corrected chi connectivity index (χ1v) is 7.14. The summed E-state index contributed by atoms with van der Waals surface area (Å²) >= 11 is -0.176. The number of carbonyl (C=O) groups excluding carboxylic acids is 1. The van der Waals surface area contributed by atoms with Gasteiger partial charge in [-0.25, -0.2) is 4.79 Å². The minimum atomic E-state index is -4.32. The van der Waals surface area contributed by atoms with Crippen molar-refractivity contribution in [1.29, 1.82) is 0 Å². The van der Waals surface area contributed by atoms with Gasteiger partial charge in [-0.3, -0.25) is 4.79 Å². The van der Waals surface area contributed by atoms with Gasteiger partial charge in [0.15, 0.2) is 0 Å². The first kappa shape index (κ1) is 15.7. The van der Waals surface area contributed by atoms with Gasteiger partial charge in [-0.05, 0) is 41.9 Å². The van der Waals surface area contributed by atoms with Crippen molar-refractivity contribution in [1.82, 2.24) is 0 Å². The Kier molecular flexibility index (Phi) is 4.46. The van der Waals surface area contributed by atoms with Gasteiger partial charge >= 0.3 is 11.5 Å². The molecule has 1 amide bonds. The van der Waals surface area contributed by atoms with E-state index in [0.29, 0.717) is 17.7 Å². The summed E-state index contributed by atoms with van der Waals surface area (Å²) in [5, 5.41) is 8.93. The van der Waals surface area contributed by atoms with Gasteiger partial charge in [0, 0.05) is 24.4 Å². The number of anilines is 1. The number of amides is 1. The zero-order valence-corrected chi connectivity index (χ0v) is 11.6. The van der Waals surface area contributed by atoms with E-state index in [-0.39, 0.29) is 42.0 Å². The van der Waals surface area contributed by atoms with Crippen molar-refractivity contribution in [2.75, 3.05) is 17.2 Å². The number of carboxylic acid groups (broad SMARTS) is 1. The standard InChI is InChI=1S/C13H12F3NO3S/c14-13(15,16)21-6-5-17-10-3-1-9(12(19)20)7-8(10)2-4-11(17)18/h1,3,7H,2,4-6H2,(H,19,20). The Morgan fingerprint density at radius 3 is 2.67 bits per heavy atom. The molecule has 0 spiro atoms. The predicted octanol–water partition coefficient (Wildman–Crippen LogP) is 2.92. The van der Waals surface area contributed by atoms with Gasteiger partial charge in [-0.2, -0.15) is 13.2 Å². The smallest absolute Gasteiger partial charge is 0.441 e. The third kappa shape index (κ3) is 3.90. The maximum absolute atomic E-state index is 12.1. The Labute approximate surface area is 122 Å². The van der Waals surface area contributed by atoms with Gasteiger partial charge in [0.1, 0.15) is 0 Å². The second kappa shape index (κ2) is 5.97. The van der Waals surface area contributed by atoms with Crippen LogP contribution in [0.1, 0.15) is 22.3 Å². The number of thioether (sulfide) groups is 1. The highest BCUT2D eigenvalue weighted by molar-refractivity contribution is 8.00. The van der Waals surface area contributed by atoms with E-state index in [1.165, 1.54) is 23.1 Å². The number of halogens is 3. The Balaban J connectivity index is 2.16. The molecule has 1 aromatic rings. The Morgan fingerprint density at radius 2 is 2.05 bits per heavy atom. The molecule has 1 aliphatic heterocycles. The van der Waals surface area contributed by atoms with Crippen molar-refractivity contribution in [2.45, 2.75) is 18.3 Å². The SMILES string of the molecule is O=C(O)c1ccc2c(c1)CCC(=O)N2CCSC(F)(F)F. The van der Waals surface area contributed by atoms with Crippen molar-refractivity contribution in [2.24, 2.45) is 0 Å². The number of fused-ring (bicyclic) bond motifs is 1. The summed E-state index contributed by atoms with van der Waals surface area (Å²) in [6, 6.07) is 4.30. The first-order valence-electron chi connectivity index (χ1n) is 6.15. The molecule has 8 heteroatoms. The fourth-order valence-electron chi connectivity index (χ4n) is 2.19. The third-order valence-corrected chi connectivity index (χ3v) is 3.82. The number of hydrogen-bond acceptors (Lipinski definition) is 3. The maximum atomic E-state index is 12.1. The van der Waals surface area contributed by atoms with Crippen LogP contribution in [0.2, 0.25) is 0 Å². The number of aromatic carboxylic acids is 1. The lowest BCUT2D eigenvalue weighted by Gasteiger charge is -2.29. The number of alkyl halides is 3. The van der Waals surface area contributed by atoms with Gasteiger partial charge in [-0.15, -0.1) is 0 Å². The molecule has 0 atom stereocenters. The van der Waals surface area contributed by atoms with Crippen LogP contribution >= 0.6 is 11.8 Å². The van der Waals surface area contributed by atoms with E-state index in [0.717, 1.165) is 0 Å². The van der Waals surface area contributed by atoms with E-state index in [4.69, 9.17) is 5.11 Å². The number of nitrogens with zero attached hydrogens (tertiary/aromatic N) is 1. The highest BCUT2D eigenvalue weighted by Crippen LogP contribution is 2.32. The van der Waals surface area contributed by atoms with Gasteiger partial charge < -0.3 is 10.0 Å². The zero-order valence-electron chi connectivity index (χ0n) is 10.8. The predicted molar refractivity (Wildman–Crippen MR) is 72.6 cm³/mol. The molecular formula is C13H12F3NO3S. The highest BCUT2D eigenvalue weighted by atomic mass is 32.2. The van der Waals surface area contributed by atoms with Gasteiger partial charge in [0.25, 0.3) is 0 Å². The minimum Gasteiger partial charge on any atom is -0.478 e. The average Bonchev–Trinajstić information content (AvgIpc) is 2.39. The largest absolute Gasteiger partial charge is 0.478 e. The molecule has 0 saturated carbocycles. The molecule has 0 unspecified atom stereocenters. The third-order valence-electron chi connectivity index (χ3n) is 3.11. The van der Waals surface area contributed by atoms with Crippen LogP contribution in [0.25, 0.3) is 0 Å². The molecule has 0 bridgehead atoms. The van der Waals surface area contributed by atoms with Crippen LogP contribution in [0, 0.1) is 0 Å². The number of hydrogen-bond donors (Lipinski definition) is 1. The summed E-state index contributed by atoms with van der Waals surface area (Å²) in [6.45, 7) is -0.0531. The molecule has 1 N–H and O–H groups in total. The lowest BCUT2D eigenvalue weighted by Crippen LogP contribution is -2.37. The maximum Gasteiger partial charge on any atom is 0.441 e. The highest BCUT2D eigenvalue weighted by Gasteiger charge is 2.30. The van der Waals surface area contributed by atoms with Gasteiger partial charge in [0.05, 0.1) is 5.56 Å².